The lowest BCUT2D eigenvalue weighted by Crippen LogP contribution is -2.34. The summed E-state index contributed by atoms with van der Waals surface area (Å²) in [6.45, 7) is 0.543. The van der Waals surface area contributed by atoms with Crippen molar-refractivity contribution in [2.24, 2.45) is 0 Å². The van der Waals surface area contributed by atoms with Gasteiger partial charge in [0.15, 0.2) is 10.4 Å². The van der Waals surface area contributed by atoms with E-state index >= 15 is 0 Å². The summed E-state index contributed by atoms with van der Waals surface area (Å²) in [5, 5.41) is 7.03. The standard InChI is InChI=1S/C13H15BrN2O2S/c1-16(2)10(9-5-6-19-8-9)7-15-13(17)11-3-4-12(14)18-11/h3-6,8,10H,7H2,1-2H3,(H,15,17). The fourth-order valence-corrected chi connectivity index (χ4v) is 2.79. The van der Waals surface area contributed by atoms with Crippen molar-refractivity contribution in [1.29, 1.82) is 0 Å². The zero-order valence-corrected chi connectivity index (χ0v) is 13.1. The van der Waals surface area contributed by atoms with Crippen molar-refractivity contribution in [3.8, 4) is 0 Å². The molecule has 1 atom stereocenters. The minimum Gasteiger partial charge on any atom is -0.444 e. The molecule has 19 heavy (non-hydrogen) atoms. The first kappa shape index (κ1) is 14.3. The highest BCUT2D eigenvalue weighted by molar-refractivity contribution is 9.10. The zero-order chi connectivity index (χ0) is 13.8. The van der Waals surface area contributed by atoms with Gasteiger partial charge in [-0.1, -0.05) is 0 Å². The molecule has 4 nitrogen and oxygen atoms in total. The molecule has 1 unspecified atom stereocenters. The third-order valence-corrected chi connectivity index (χ3v) is 3.93. The maximum Gasteiger partial charge on any atom is 0.287 e. The number of furan rings is 1. The summed E-state index contributed by atoms with van der Waals surface area (Å²) in [6, 6.07) is 5.59. The fraction of sp³-hybridized carbons (Fsp3) is 0.308. The topological polar surface area (TPSA) is 45.5 Å². The number of rotatable bonds is 5. The van der Waals surface area contributed by atoms with Crippen molar-refractivity contribution in [1.82, 2.24) is 10.2 Å². The van der Waals surface area contributed by atoms with E-state index in [4.69, 9.17) is 4.42 Å². The van der Waals surface area contributed by atoms with E-state index in [1.807, 2.05) is 19.5 Å². The zero-order valence-electron chi connectivity index (χ0n) is 10.7. The molecule has 2 rings (SSSR count). The minimum atomic E-state index is -0.201. The van der Waals surface area contributed by atoms with Crippen LogP contribution in [0.3, 0.4) is 0 Å². The van der Waals surface area contributed by atoms with Crippen molar-refractivity contribution < 1.29 is 9.21 Å². The quantitative estimate of drug-likeness (QED) is 0.907. The molecule has 0 saturated heterocycles. The van der Waals surface area contributed by atoms with Crippen LogP contribution in [0.5, 0.6) is 0 Å². The first-order valence-electron chi connectivity index (χ1n) is 5.80. The summed E-state index contributed by atoms with van der Waals surface area (Å²) in [4.78, 5) is 14.0. The lowest BCUT2D eigenvalue weighted by atomic mass is 10.1. The van der Waals surface area contributed by atoms with Crippen LogP contribution in [0.4, 0.5) is 0 Å². The molecule has 0 aliphatic heterocycles. The highest BCUT2D eigenvalue weighted by Crippen LogP contribution is 2.20. The van der Waals surface area contributed by atoms with Crippen molar-refractivity contribution in [3.63, 3.8) is 0 Å². The number of carbonyl (C=O) groups is 1. The monoisotopic (exact) mass is 342 g/mol. The van der Waals surface area contributed by atoms with Crippen LogP contribution < -0.4 is 5.32 Å². The van der Waals surface area contributed by atoms with Crippen molar-refractivity contribution >= 4 is 33.2 Å². The molecular weight excluding hydrogens is 328 g/mol. The molecule has 0 spiro atoms. The Morgan fingerprint density at radius 3 is 2.79 bits per heavy atom. The number of hydrogen-bond acceptors (Lipinski definition) is 4. The third kappa shape index (κ3) is 3.68. The summed E-state index contributed by atoms with van der Waals surface area (Å²) in [6.07, 6.45) is 0. The van der Waals surface area contributed by atoms with Gasteiger partial charge in [-0.05, 0) is 64.5 Å². The molecule has 2 heterocycles. The molecule has 6 heteroatoms. The van der Waals surface area contributed by atoms with Crippen LogP contribution >= 0.6 is 27.3 Å². The van der Waals surface area contributed by atoms with E-state index < -0.39 is 0 Å². The van der Waals surface area contributed by atoms with Crippen molar-refractivity contribution in [3.05, 3.63) is 45.0 Å². The Balaban J connectivity index is 1.98. The molecule has 0 saturated carbocycles. The largest absolute Gasteiger partial charge is 0.444 e. The number of likely N-dealkylation sites (N-methyl/N-ethyl adjacent to an activating group) is 1. The maximum absolute atomic E-state index is 11.9. The second-order valence-corrected chi connectivity index (χ2v) is 5.91. The van der Waals surface area contributed by atoms with Crippen LogP contribution in [0.1, 0.15) is 22.2 Å². The SMILES string of the molecule is CN(C)C(CNC(=O)c1ccc(Br)o1)c1ccsc1. The average Bonchev–Trinajstić information content (AvgIpc) is 3.00. The molecule has 0 aromatic carbocycles. The molecule has 1 N–H and O–H groups in total. The average molecular weight is 343 g/mol. The van der Waals surface area contributed by atoms with Crippen molar-refractivity contribution in [2.45, 2.75) is 6.04 Å². The van der Waals surface area contributed by atoms with Crippen molar-refractivity contribution in [2.75, 3.05) is 20.6 Å². The van der Waals surface area contributed by atoms with E-state index in [1.165, 1.54) is 5.56 Å². The Hall–Kier alpha value is -1.11. The number of nitrogens with one attached hydrogen (secondary N) is 1. The second kappa shape index (κ2) is 6.36. The lowest BCUT2D eigenvalue weighted by Gasteiger charge is -2.23. The number of thiophene rings is 1. The molecule has 0 bridgehead atoms. The molecule has 0 aliphatic rings. The van der Waals surface area contributed by atoms with Gasteiger partial charge in [-0.3, -0.25) is 4.79 Å². The van der Waals surface area contributed by atoms with Gasteiger partial charge in [-0.2, -0.15) is 11.3 Å². The summed E-state index contributed by atoms with van der Waals surface area (Å²) >= 11 is 4.84. The van der Waals surface area contributed by atoms with Crippen LogP contribution in [-0.2, 0) is 0 Å². The molecule has 0 fully saturated rings. The van der Waals surface area contributed by atoms with Crippen LogP contribution in [0.15, 0.2) is 38.0 Å². The Morgan fingerprint density at radius 1 is 1.47 bits per heavy atom. The minimum absolute atomic E-state index is 0.161. The van der Waals surface area contributed by atoms with Crippen LogP contribution in [0, 0.1) is 0 Å². The smallest absolute Gasteiger partial charge is 0.287 e. The first-order chi connectivity index (χ1) is 9.08. The van der Waals surface area contributed by atoms with Crippen LogP contribution in [0.25, 0.3) is 0 Å². The molecule has 102 valence electrons. The van der Waals surface area contributed by atoms with E-state index in [9.17, 15) is 4.79 Å². The Kier molecular flexibility index (Phi) is 4.79. The Labute approximate surface area is 124 Å². The predicted octanol–water partition coefficient (Wildman–Crippen LogP) is 3.14. The van der Waals surface area contributed by atoms with E-state index in [0.29, 0.717) is 17.0 Å². The number of nitrogens with zero attached hydrogens (tertiary/aromatic N) is 1. The summed E-state index contributed by atoms with van der Waals surface area (Å²) in [7, 11) is 4.00. The Bertz CT molecular complexity index is 537. The molecule has 0 radical (unpaired) electrons. The second-order valence-electron chi connectivity index (χ2n) is 4.35. The third-order valence-electron chi connectivity index (χ3n) is 2.80. The predicted molar refractivity (Wildman–Crippen MR) is 79.5 cm³/mol. The van der Waals surface area contributed by atoms with Crippen LogP contribution in [0.2, 0.25) is 0 Å². The highest BCUT2D eigenvalue weighted by atomic mass is 79.9. The molecule has 0 aliphatic carbocycles. The van der Waals surface area contributed by atoms with Gasteiger partial charge < -0.3 is 14.6 Å². The number of carbonyl (C=O) groups excluding carboxylic acids is 1. The first-order valence-corrected chi connectivity index (χ1v) is 7.53. The lowest BCUT2D eigenvalue weighted by molar-refractivity contribution is 0.0913. The van der Waals surface area contributed by atoms with Gasteiger partial charge in [0.1, 0.15) is 0 Å². The summed E-state index contributed by atoms with van der Waals surface area (Å²) < 4.78 is 5.78. The number of amides is 1. The van der Waals surface area contributed by atoms with E-state index in [-0.39, 0.29) is 11.9 Å². The summed E-state index contributed by atoms with van der Waals surface area (Å²) in [5.41, 5.74) is 1.20. The maximum atomic E-state index is 11.9. The molecule has 1 amide bonds. The van der Waals surface area contributed by atoms with Gasteiger partial charge in [-0.15, -0.1) is 0 Å². The van der Waals surface area contributed by atoms with Gasteiger partial charge in [-0.25, -0.2) is 0 Å². The van der Waals surface area contributed by atoms with Gasteiger partial charge in [0.25, 0.3) is 5.91 Å². The van der Waals surface area contributed by atoms with Gasteiger partial charge in [0.2, 0.25) is 0 Å². The van der Waals surface area contributed by atoms with E-state index in [2.05, 4.69) is 37.6 Å². The molecular formula is C13H15BrN2O2S. The normalized spacial score (nSPS) is 12.6. The highest BCUT2D eigenvalue weighted by Gasteiger charge is 2.17. The number of hydrogen-bond donors (Lipinski definition) is 1. The Morgan fingerprint density at radius 2 is 2.26 bits per heavy atom. The fourth-order valence-electron chi connectivity index (χ4n) is 1.78. The molecule has 2 aromatic heterocycles. The van der Waals surface area contributed by atoms with Crippen LogP contribution in [-0.4, -0.2) is 31.4 Å². The van der Waals surface area contributed by atoms with Gasteiger partial charge in [0.05, 0.1) is 6.04 Å². The van der Waals surface area contributed by atoms with E-state index in [0.717, 1.165) is 0 Å². The number of halogens is 1. The van der Waals surface area contributed by atoms with E-state index in [1.54, 1.807) is 23.5 Å². The van der Waals surface area contributed by atoms with Gasteiger partial charge >= 0.3 is 0 Å². The van der Waals surface area contributed by atoms with Gasteiger partial charge in [0, 0.05) is 6.54 Å². The molecule has 2 aromatic rings. The summed E-state index contributed by atoms with van der Waals surface area (Å²) in [5.74, 6) is 0.113.